The Balaban J connectivity index is 2.54. The lowest BCUT2D eigenvalue weighted by Crippen LogP contribution is -2.48. The first-order valence-electron chi connectivity index (χ1n) is 7.50. The Hall–Kier alpha value is -1.84. The highest BCUT2D eigenvalue weighted by atomic mass is 16.6. The number of nitro groups is 1. The smallest absolute Gasteiger partial charge is 0.235 e. The molecule has 1 heterocycles. The van der Waals surface area contributed by atoms with Crippen LogP contribution in [0.15, 0.2) is 18.3 Å². The summed E-state index contributed by atoms with van der Waals surface area (Å²) in [4.78, 5) is 12.6. The summed E-state index contributed by atoms with van der Waals surface area (Å²) in [6, 6.07) is 4.29. The summed E-state index contributed by atoms with van der Waals surface area (Å²) in [6.45, 7) is 12.0. The van der Waals surface area contributed by atoms with Crippen LogP contribution < -0.4 is 4.90 Å². The van der Waals surface area contributed by atoms with E-state index in [1.165, 1.54) is 11.3 Å². The van der Waals surface area contributed by atoms with E-state index in [1.54, 1.807) is 6.08 Å². The average Bonchev–Trinajstić information content (AvgIpc) is 2.36. The van der Waals surface area contributed by atoms with Gasteiger partial charge >= 0.3 is 0 Å². The van der Waals surface area contributed by atoms with Gasteiger partial charge in [-0.2, -0.15) is 0 Å². The molecule has 1 atom stereocenters. The molecular weight excluding hydrogens is 264 g/mol. The summed E-state index contributed by atoms with van der Waals surface area (Å²) in [5, 5.41) is 10.5. The molecule has 0 aromatic heterocycles. The lowest BCUT2D eigenvalue weighted by molar-refractivity contribution is -0.400. The molecule has 0 fully saturated rings. The summed E-state index contributed by atoms with van der Waals surface area (Å²) in [6.07, 6.45) is 3.71. The van der Waals surface area contributed by atoms with Crippen molar-refractivity contribution in [1.82, 2.24) is 0 Å². The normalized spacial score (nSPS) is 20.6. The Morgan fingerprint density at radius 2 is 2.14 bits per heavy atom. The van der Waals surface area contributed by atoms with Gasteiger partial charge in [-0.3, -0.25) is 10.1 Å². The van der Waals surface area contributed by atoms with Crippen LogP contribution >= 0.6 is 0 Å². The van der Waals surface area contributed by atoms with E-state index in [2.05, 4.69) is 44.7 Å². The molecule has 2 rings (SSSR count). The molecule has 0 amide bonds. The van der Waals surface area contributed by atoms with Crippen molar-refractivity contribution in [2.45, 2.75) is 52.5 Å². The lowest BCUT2D eigenvalue weighted by atomic mass is 9.79. The van der Waals surface area contributed by atoms with Gasteiger partial charge in [-0.1, -0.05) is 6.92 Å². The summed E-state index contributed by atoms with van der Waals surface area (Å²) >= 11 is 0. The van der Waals surface area contributed by atoms with Crippen LogP contribution in [-0.2, 0) is 0 Å². The molecule has 0 aliphatic carbocycles. The highest BCUT2D eigenvalue weighted by Gasteiger charge is 2.35. The molecule has 0 radical (unpaired) electrons. The number of rotatable bonds is 3. The van der Waals surface area contributed by atoms with Crippen LogP contribution in [0.5, 0.6) is 0 Å². The summed E-state index contributed by atoms with van der Waals surface area (Å²) in [5.74, 6) is 0.459. The third kappa shape index (κ3) is 2.94. The Labute approximate surface area is 126 Å². The maximum atomic E-state index is 10.5. The van der Waals surface area contributed by atoms with Gasteiger partial charge in [-0.15, -0.1) is 0 Å². The fraction of sp³-hybridized carbons (Fsp3) is 0.529. The van der Waals surface area contributed by atoms with Gasteiger partial charge in [-0.05, 0) is 68.9 Å². The maximum Gasteiger partial charge on any atom is 0.235 e. The predicted molar refractivity (Wildman–Crippen MR) is 87.3 cm³/mol. The van der Waals surface area contributed by atoms with Gasteiger partial charge in [-0.25, -0.2) is 0 Å². The van der Waals surface area contributed by atoms with Crippen LogP contribution in [0.4, 0.5) is 5.69 Å². The van der Waals surface area contributed by atoms with Gasteiger partial charge in [0.15, 0.2) is 0 Å². The number of benzene rings is 1. The van der Waals surface area contributed by atoms with Crippen LogP contribution in [0.3, 0.4) is 0 Å². The monoisotopic (exact) mass is 288 g/mol. The molecule has 0 unspecified atom stereocenters. The average molecular weight is 288 g/mol. The molecule has 1 aliphatic heterocycles. The summed E-state index contributed by atoms with van der Waals surface area (Å²) in [5.41, 5.74) is 4.73. The molecule has 114 valence electrons. The van der Waals surface area contributed by atoms with Crippen LogP contribution in [-0.4, -0.2) is 17.0 Å². The van der Waals surface area contributed by atoms with Crippen molar-refractivity contribution >= 4 is 11.8 Å². The Morgan fingerprint density at radius 3 is 2.71 bits per heavy atom. The second-order valence-corrected chi connectivity index (χ2v) is 6.53. The Morgan fingerprint density at radius 1 is 1.48 bits per heavy atom. The van der Waals surface area contributed by atoms with E-state index < -0.39 is 4.92 Å². The molecule has 1 aliphatic rings. The van der Waals surface area contributed by atoms with Gasteiger partial charge in [0.1, 0.15) is 0 Å². The zero-order chi connectivity index (χ0) is 15.8. The third-order valence-corrected chi connectivity index (χ3v) is 4.47. The van der Waals surface area contributed by atoms with Crippen molar-refractivity contribution in [3.05, 3.63) is 45.1 Å². The minimum absolute atomic E-state index is 0.145. The minimum atomic E-state index is -0.413. The van der Waals surface area contributed by atoms with Crippen LogP contribution in [0.25, 0.3) is 6.08 Å². The topological polar surface area (TPSA) is 46.4 Å². The third-order valence-electron chi connectivity index (χ3n) is 4.47. The molecule has 0 saturated carbocycles. The van der Waals surface area contributed by atoms with Crippen LogP contribution in [0.1, 0.15) is 56.7 Å². The number of hydrogen-bond acceptors (Lipinski definition) is 3. The largest absolute Gasteiger partial charge is 0.366 e. The minimum Gasteiger partial charge on any atom is -0.366 e. The van der Waals surface area contributed by atoms with E-state index in [-0.39, 0.29) is 5.54 Å². The van der Waals surface area contributed by atoms with Gasteiger partial charge in [0.2, 0.25) is 6.20 Å². The van der Waals surface area contributed by atoms with Gasteiger partial charge in [0.05, 0.1) is 4.92 Å². The molecule has 1 aromatic carbocycles. The fourth-order valence-corrected chi connectivity index (χ4v) is 3.57. The number of nitrogens with zero attached hydrogens (tertiary/aromatic N) is 2. The van der Waals surface area contributed by atoms with E-state index in [4.69, 9.17) is 0 Å². The molecule has 21 heavy (non-hydrogen) atoms. The quantitative estimate of drug-likeness (QED) is 0.613. The molecular formula is C17H24N2O2. The number of hydrogen-bond donors (Lipinski definition) is 0. The molecule has 1 aromatic rings. The fourth-order valence-electron chi connectivity index (χ4n) is 3.57. The van der Waals surface area contributed by atoms with Crippen LogP contribution in [0, 0.1) is 17.0 Å². The Bertz CT molecular complexity index is 591. The molecule has 0 spiro atoms. The lowest BCUT2D eigenvalue weighted by Gasteiger charge is -2.47. The van der Waals surface area contributed by atoms with Crippen molar-refractivity contribution in [2.24, 2.45) is 0 Å². The number of anilines is 1. The molecule has 4 heteroatoms. The SMILES string of the molecule is CCN1c2cc(C)c(/C=C\[N+](=O)[O-])cc2[C@@H](C)CC1(C)C. The van der Waals surface area contributed by atoms with Crippen molar-refractivity contribution in [1.29, 1.82) is 0 Å². The summed E-state index contributed by atoms with van der Waals surface area (Å²) in [7, 11) is 0. The van der Waals surface area contributed by atoms with E-state index >= 15 is 0 Å². The van der Waals surface area contributed by atoms with E-state index in [9.17, 15) is 10.1 Å². The second kappa shape index (κ2) is 5.51. The van der Waals surface area contributed by atoms with Gasteiger partial charge in [0, 0.05) is 23.8 Å². The van der Waals surface area contributed by atoms with E-state index in [1.807, 2.05) is 6.92 Å². The van der Waals surface area contributed by atoms with Gasteiger partial charge in [0.25, 0.3) is 0 Å². The van der Waals surface area contributed by atoms with E-state index in [0.29, 0.717) is 5.92 Å². The Kier molecular flexibility index (Phi) is 4.08. The molecule has 4 nitrogen and oxygen atoms in total. The first-order valence-corrected chi connectivity index (χ1v) is 7.50. The standard InChI is InChI=1S/C17H24N2O2/c1-6-18-16-9-12(2)14(7-8-19(20)21)10-15(16)13(3)11-17(18,4)5/h7-10,13H,6,11H2,1-5H3/b8-7-/t13-/m0/s1. The van der Waals surface area contributed by atoms with Crippen LogP contribution in [0.2, 0.25) is 0 Å². The highest BCUT2D eigenvalue weighted by Crippen LogP contribution is 2.44. The molecule has 0 N–H and O–H groups in total. The van der Waals surface area contributed by atoms with Crippen molar-refractivity contribution in [3.8, 4) is 0 Å². The summed E-state index contributed by atoms with van der Waals surface area (Å²) < 4.78 is 0. The number of aryl methyl sites for hydroxylation is 1. The van der Waals surface area contributed by atoms with Crippen molar-refractivity contribution in [2.75, 3.05) is 11.4 Å². The van der Waals surface area contributed by atoms with E-state index in [0.717, 1.165) is 30.3 Å². The van der Waals surface area contributed by atoms with Crippen molar-refractivity contribution < 1.29 is 4.92 Å². The van der Waals surface area contributed by atoms with Crippen molar-refractivity contribution in [3.63, 3.8) is 0 Å². The second-order valence-electron chi connectivity index (χ2n) is 6.53. The highest BCUT2D eigenvalue weighted by molar-refractivity contribution is 5.67. The number of fused-ring (bicyclic) bond motifs is 1. The molecule has 0 bridgehead atoms. The first kappa shape index (κ1) is 15.5. The predicted octanol–water partition coefficient (Wildman–Crippen LogP) is 4.35. The maximum absolute atomic E-state index is 10.5. The zero-order valence-electron chi connectivity index (χ0n) is 13.5. The molecule has 0 saturated heterocycles. The zero-order valence-corrected chi connectivity index (χ0v) is 13.5. The first-order chi connectivity index (χ1) is 9.76. The van der Waals surface area contributed by atoms with Gasteiger partial charge < -0.3 is 4.90 Å².